The molecule has 1 aromatic carbocycles. The first-order valence-corrected chi connectivity index (χ1v) is 7.56. The van der Waals surface area contributed by atoms with E-state index in [2.05, 4.69) is 15.0 Å². The molecule has 1 unspecified atom stereocenters. The number of nitrogens with one attached hydrogen (secondary N) is 1. The molecule has 0 radical (unpaired) electrons. The van der Waals surface area contributed by atoms with Gasteiger partial charge in [0.2, 0.25) is 0 Å². The summed E-state index contributed by atoms with van der Waals surface area (Å²) in [5.74, 6) is 1.35. The average molecular weight is 287 g/mol. The average Bonchev–Trinajstić information content (AvgIpc) is 2.90. The maximum atomic E-state index is 11.5. The zero-order valence-electron chi connectivity index (χ0n) is 11.1. The van der Waals surface area contributed by atoms with E-state index in [-0.39, 0.29) is 0 Å². The molecule has 2 aromatic heterocycles. The summed E-state index contributed by atoms with van der Waals surface area (Å²) in [6, 6.07) is 7.32. The van der Waals surface area contributed by atoms with Gasteiger partial charge in [-0.05, 0) is 29.4 Å². The fraction of sp³-hybridized carbons (Fsp3) is 0.143. The van der Waals surface area contributed by atoms with Crippen molar-refractivity contribution in [3.8, 4) is 17.1 Å². The smallest absolute Gasteiger partial charge is 0.156 e. The molecule has 1 N–H and O–H groups in total. The van der Waals surface area contributed by atoms with Crippen LogP contribution in [0.4, 0.5) is 0 Å². The minimum Gasteiger partial charge on any atom is -0.612 e. The summed E-state index contributed by atoms with van der Waals surface area (Å²) in [7, 11) is 1.59. The summed E-state index contributed by atoms with van der Waals surface area (Å²) in [5, 5.41) is 0. The van der Waals surface area contributed by atoms with Crippen molar-refractivity contribution >= 4 is 22.2 Å². The summed E-state index contributed by atoms with van der Waals surface area (Å²) in [6.45, 7) is 0. The Labute approximate surface area is 119 Å². The van der Waals surface area contributed by atoms with Crippen LogP contribution >= 0.6 is 0 Å². The molecule has 3 aromatic rings. The van der Waals surface area contributed by atoms with Crippen molar-refractivity contribution in [2.45, 2.75) is 4.90 Å². The number of aromatic nitrogens is 3. The molecule has 0 saturated carbocycles. The maximum absolute atomic E-state index is 11.5. The standard InChI is InChI=1S/C14H13N3O2S/c1-19-13-7-9(20(2)18)3-4-10(13)14-16-11-5-6-15-8-12(11)17-14/h3-8H,1-2H3,(H,16,17). The number of H-pyrrole nitrogens is 1. The summed E-state index contributed by atoms with van der Waals surface area (Å²) in [6.07, 6.45) is 5.06. The van der Waals surface area contributed by atoms with Crippen LogP contribution in [0.2, 0.25) is 0 Å². The zero-order valence-corrected chi connectivity index (χ0v) is 11.9. The van der Waals surface area contributed by atoms with Crippen molar-refractivity contribution in [3.05, 3.63) is 36.7 Å². The minimum absolute atomic E-state index is 0.643. The Balaban J connectivity index is 2.13. The van der Waals surface area contributed by atoms with Gasteiger partial charge in [0.1, 0.15) is 23.3 Å². The van der Waals surface area contributed by atoms with E-state index in [4.69, 9.17) is 4.74 Å². The third kappa shape index (κ3) is 2.23. The van der Waals surface area contributed by atoms with Gasteiger partial charge in [-0.1, -0.05) is 0 Å². The van der Waals surface area contributed by atoms with Crippen LogP contribution in [0.5, 0.6) is 5.75 Å². The number of rotatable bonds is 3. The fourth-order valence-corrected chi connectivity index (χ4v) is 2.56. The second kappa shape index (κ2) is 5.15. The topological polar surface area (TPSA) is 73.9 Å². The van der Waals surface area contributed by atoms with Crippen molar-refractivity contribution in [1.29, 1.82) is 0 Å². The first-order chi connectivity index (χ1) is 9.69. The Morgan fingerprint density at radius 3 is 2.85 bits per heavy atom. The predicted molar refractivity (Wildman–Crippen MR) is 78.2 cm³/mol. The molecule has 0 spiro atoms. The number of methoxy groups -OCH3 is 1. The van der Waals surface area contributed by atoms with E-state index in [0.717, 1.165) is 21.5 Å². The quantitative estimate of drug-likeness (QED) is 0.750. The lowest BCUT2D eigenvalue weighted by atomic mass is 10.2. The number of fused-ring (bicyclic) bond motifs is 1. The summed E-state index contributed by atoms with van der Waals surface area (Å²) >= 11 is -1.04. The van der Waals surface area contributed by atoms with Gasteiger partial charge in [0.25, 0.3) is 0 Å². The van der Waals surface area contributed by atoms with Crippen molar-refractivity contribution < 1.29 is 9.29 Å². The van der Waals surface area contributed by atoms with Gasteiger partial charge in [-0.2, -0.15) is 0 Å². The first kappa shape index (κ1) is 13.0. The molecule has 0 amide bonds. The van der Waals surface area contributed by atoms with Crippen LogP contribution < -0.4 is 4.74 Å². The van der Waals surface area contributed by atoms with Gasteiger partial charge in [-0.3, -0.25) is 4.98 Å². The summed E-state index contributed by atoms with van der Waals surface area (Å²) in [4.78, 5) is 12.5. The SMILES string of the molecule is COc1cc([S+](C)[O-])ccc1-c1nc2cnccc2[nH]1. The van der Waals surface area contributed by atoms with Gasteiger partial charge in [-0.15, -0.1) is 0 Å². The Kier molecular flexibility index (Phi) is 3.33. The lowest BCUT2D eigenvalue weighted by Gasteiger charge is -2.09. The molecule has 0 bridgehead atoms. The van der Waals surface area contributed by atoms with E-state index in [9.17, 15) is 4.55 Å². The number of aromatic amines is 1. The number of nitrogens with zero attached hydrogens (tertiary/aromatic N) is 2. The van der Waals surface area contributed by atoms with Crippen LogP contribution in [-0.2, 0) is 11.2 Å². The van der Waals surface area contributed by atoms with Gasteiger partial charge in [0, 0.05) is 12.3 Å². The molecule has 3 rings (SSSR count). The van der Waals surface area contributed by atoms with Crippen LogP contribution in [0.1, 0.15) is 0 Å². The van der Waals surface area contributed by atoms with Crippen LogP contribution in [-0.4, -0.2) is 32.9 Å². The molecule has 6 heteroatoms. The summed E-state index contributed by atoms with van der Waals surface area (Å²) < 4.78 is 16.9. The van der Waals surface area contributed by atoms with E-state index in [1.165, 1.54) is 0 Å². The van der Waals surface area contributed by atoms with Gasteiger partial charge < -0.3 is 14.3 Å². The van der Waals surface area contributed by atoms with Crippen LogP contribution in [0.15, 0.2) is 41.6 Å². The molecule has 1 atom stereocenters. The lowest BCUT2D eigenvalue weighted by molar-refractivity contribution is 0.415. The molecule has 0 fully saturated rings. The van der Waals surface area contributed by atoms with Crippen molar-refractivity contribution in [2.24, 2.45) is 0 Å². The van der Waals surface area contributed by atoms with Gasteiger partial charge in [-0.25, -0.2) is 4.98 Å². The molecule has 20 heavy (non-hydrogen) atoms. The third-order valence-corrected chi connectivity index (χ3v) is 3.96. The predicted octanol–water partition coefficient (Wildman–Crippen LogP) is 2.37. The van der Waals surface area contributed by atoms with E-state index in [1.807, 2.05) is 18.2 Å². The maximum Gasteiger partial charge on any atom is 0.156 e. The van der Waals surface area contributed by atoms with Crippen LogP contribution in [0.25, 0.3) is 22.4 Å². The summed E-state index contributed by atoms with van der Waals surface area (Å²) in [5.41, 5.74) is 2.55. The highest BCUT2D eigenvalue weighted by atomic mass is 32.2. The van der Waals surface area contributed by atoms with Crippen LogP contribution in [0, 0.1) is 0 Å². The van der Waals surface area contributed by atoms with Crippen molar-refractivity contribution in [3.63, 3.8) is 0 Å². The fourth-order valence-electron chi connectivity index (χ4n) is 2.03. The lowest BCUT2D eigenvalue weighted by Crippen LogP contribution is -1.99. The largest absolute Gasteiger partial charge is 0.612 e. The molecule has 102 valence electrons. The van der Waals surface area contributed by atoms with Crippen LogP contribution in [0.3, 0.4) is 0 Å². The molecule has 0 aliphatic rings. The number of benzene rings is 1. The first-order valence-electron chi connectivity index (χ1n) is 6.00. The van der Waals surface area contributed by atoms with E-state index in [1.54, 1.807) is 31.8 Å². The Bertz CT molecular complexity index is 722. The van der Waals surface area contributed by atoms with Gasteiger partial charge in [0.15, 0.2) is 4.90 Å². The Morgan fingerprint density at radius 2 is 2.15 bits per heavy atom. The normalized spacial score (nSPS) is 12.6. The third-order valence-electron chi connectivity index (χ3n) is 3.05. The highest BCUT2D eigenvalue weighted by Gasteiger charge is 2.14. The Morgan fingerprint density at radius 1 is 1.30 bits per heavy atom. The van der Waals surface area contributed by atoms with E-state index >= 15 is 0 Å². The molecule has 5 nitrogen and oxygen atoms in total. The number of hydrogen-bond acceptors (Lipinski definition) is 4. The molecule has 0 aliphatic carbocycles. The Hall–Kier alpha value is -2.05. The highest BCUT2D eigenvalue weighted by molar-refractivity contribution is 7.90. The molecular weight excluding hydrogens is 274 g/mol. The van der Waals surface area contributed by atoms with Crippen molar-refractivity contribution in [1.82, 2.24) is 15.0 Å². The second-order valence-electron chi connectivity index (χ2n) is 4.29. The molecule has 0 aliphatic heterocycles. The van der Waals surface area contributed by atoms with Gasteiger partial charge in [0.05, 0.1) is 24.4 Å². The molecular formula is C14H13N3O2S. The monoisotopic (exact) mass is 287 g/mol. The number of pyridine rings is 1. The highest BCUT2D eigenvalue weighted by Crippen LogP contribution is 2.31. The number of hydrogen-bond donors (Lipinski definition) is 1. The number of ether oxygens (including phenoxy) is 1. The minimum atomic E-state index is -1.04. The zero-order chi connectivity index (χ0) is 14.1. The van der Waals surface area contributed by atoms with Crippen molar-refractivity contribution in [2.75, 3.05) is 13.4 Å². The van der Waals surface area contributed by atoms with E-state index in [0.29, 0.717) is 11.6 Å². The molecule has 2 heterocycles. The molecule has 0 saturated heterocycles. The van der Waals surface area contributed by atoms with E-state index < -0.39 is 11.2 Å². The van der Waals surface area contributed by atoms with Gasteiger partial charge >= 0.3 is 0 Å². The second-order valence-corrected chi connectivity index (χ2v) is 5.67. The number of imidazole rings is 1.